The smallest absolute Gasteiger partial charge is 0.264 e. The molecule has 0 aliphatic carbocycles. The molecule has 36 heavy (non-hydrogen) atoms. The van der Waals surface area contributed by atoms with Crippen LogP contribution in [0.15, 0.2) is 60.8 Å². The number of para-hydroxylation sites is 1. The predicted octanol–water partition coefficient (Wildman–Crippen LogP) is 3.31. The molecular formula is C27H26N4O5. The Balaban J connectivity index is 1.40. The third kappa shape index (κ3) is 3.92. The molecule has 9 nitrogen and oxygen atoms in total. The highest BCUT2D eigenvalue weighted by Gasteiger charge is 2.49. The lowest BCUT2D eigenvalue weighted by molar-refractivity contribution is -0.121. The van der Waals surface area contributed by atoms with E-state index in [9.17, 15) is 14.4 Å². The Morgan fingerprint density at radius 2 is 1.81 bits per heavy atom. The first-order valence-electron chi connectivity index (χ1n) is 11.7. The lowest BCUT2D eigenvalue weighted by Gasteiger charge is -2.41. The van der Waals surface area contributed by atoms with E-state index in [1.807, 2.05) is 18.2 Å². The number of pyridine rings is 1. The Labute approximate surface area is 208 Å². The van der Waals surface area contributed by atoms with E-state index in [4.69, 9.17) is 9.47 Å². The number of methoxy groups -OCH3 is 2. The van der Waals surface area contributed by atoms with Gasteiger partial charge in [0, 0.05) is 24.7 Å². The van der Waals surface area contributed by atoms with E-state index < -0.39 is 6.17 Å². The van der Waals surface area contributed by atoms with Crippen LogP contribution in [0.4, 0.5) is 5.69 Å². The van der Waals surface area contributed by atoms with Gasteiger partial charge in [-0.25, -0.2) is 0 Å². The second-order valence-electron chi connectivity index (χ2n) is 8.53. The van der Waals surface area contributed by atoms with Crippen LogP contribution in [0.2, 0.25) is 0 Å². The van der Waals surface area contributed by atoms with E-state index in [0.717, 1.165) is 5.69 Å². The highest BCUT2D eigenvalue weighted by atomic mass is 16.5. The molecule has 0 saturated heterocycles. The minimum Gasteiger partial charge on any atom is -0.493 e. The summed E-state index contributed by atoms with van der Waals surface area (Å²) in [5.41, 5.74) is 2.82. The lowest BCUT2D eigenvalue weighted by atomic mass is 10.0. The van der Waals surface area contributed by atoms with Gasteiger partial charge in [-0.1, -0.05) is 24.3 Å². The van der Waals surface area contributed by atoms with Gasteiger partial charge in [-0.3, -0.25) is 24.3 Å². The molecule has 5 rings (SSSR count). The van der Waals surface area contributed by atoms with Crippen molar-refractivity contribution in [2.75, 3.05) is 25.7 Å². The van der Waals surface area contributed by atoms with Crippen molar-refractivity contribution in [1.29, 1.82) is 0 Å². The molecule has 1 unspecified atom stereocenters. The Kier molecular flexibility index (Phi) is 6.28. The molecule has 0 spiro atoms. The highest BCUT2D eigenvalue weighted by molar-refractivity contribution is 6.18. The molecule has 9 heteroatoms. The Morgan fingerprint density at radius 1 is 1.00 bits per heavy atom. The van der Waals surface area contributed by atoms with Crippen LogP contribution in [0.5, 0.6) is 11.5 Å². The normalized spacial score (nSPS) is 15.8. The number of hydrogen-bond donors (Lipinski definition) is 1. The molecule has 1 N–H and O–H groups in total. The van der Waals surface area contributed by atoms with Crippen LogP contribution in [0.1, 0.15) is 51.0 Å². The second-order valence-corrected chi connectivity index (χ2v) is 8.53. The molecule has 0 bridgehead atoms. The summed E-state index contributed by atoms with van der Waals surface area (Å²) < 4.78 is 10.9. The summed E-state index contributed by atoms with van der Waals surface area (Å²) in [7, 11) is 3.00. The number of amides is 3. The minimum absolute atomic E-state index is 0.128. The molecule has 184 valence electrons. The first-order chi connectivity index (χ1) is 17.5. The van der Waals surface area contributed by atoms with Crippen molar-refractivity contribution in [3.05, 3.63) is 83.2 Å². The number of hydrogen-bond acceptors (Lipinski definition) is 6. The van der Waals surface area contributed by atoms with Crippen molar-refractivity contribution >= 4 is 23.4 Å². The summed E-state index contributed by atoms with van der Waals surface area (Å²) >= 11 is 0. The zero-order valence-corrected chi connectivity index (χ0v) is 20.1. The van der Waals surface area contributed by atoms with Crippen molar-refractivity contribution in [1.82, 2.24) is 15.2 Å². The van der Waals surface area contributed by atoms with Crippen LogP contribution in [0.3, 0.4) is 0 Å². The van der Waals surface area contributed by atoms with E-state index in [0.29, 0.717) is 53.4 Å². The third-order valence-electron chi connectivity index (χ3n) is 6.48. The molecule has 2 aliphatic rings. The van der Waals surface area contributed by atoms with Gasteiger partial charge in [0.1, 0.15) is 6.17 Å². The monoisotopic (exact) mass is 486 g/mol. The van der Waals surface area contributed by atoms with Crippen LogP contribution in [-0.4, -0.2) is 48.4 Å². The fourth-order valence-electron chi connectivity index (χ4n) is 4.84. The number of carbonyl (C=O) groups is 3. The van der Waals surface area contributed by atoms with Gasteiger partial charge >= 0.3 is 0 Å². The van der Waals surface area contributed by atoms with Crippen LogP contribution >= 0.6 is 0 Å². The quantitative estimate of drug-likeness (QED) is 0.524. The molecule has 0 radical (unpaired) electrons. The molecule has 1 atom stereocenters. The van der Waals surface area contributed by atoms with Crippen molar-refractivity contribution in [3.8, 4) is 11.5 Å². The summed E-state index contributed by atoms with van der Waals surface area (Å²) in [6.45, 7) is 0.641. The highest BCUT2D eigenvalue weighted by Crippen LogP contribution is 2.49. The van der Waals surface area contributed by atoms with Crippen molar-refractivity contribution < 1.29 is 23.9 Å². The fourth-order valence-corrected chi connectivity index (χ4v) is 4.84. The molecule has 2 aromatic carbocycles. The number of rotatable bonds is 8. The largest absolute Gasteiger partial charge is 0.493 e. The van der Waals surface area contributed by atoms with Crippen LogP contribution < -0.4 is 19.7 Å². The number of fused-ring (bicyclic) bond motifs is 5. The molecule has 0 fully saturated rings. The van der Waals surface area contributed by atoms with Crippen molar-refractivity contribution in [3.63, 3.8) is 0 Å². The molecule has 3 amide bonds. The maximum absolute atomic E-state index is 13.7. The van der Waals surface area contributed by atoms with Crippen LogP contribution in [0, 0.1) is 0 Å². The Bertz CT molecular complexity index is 1330. The number of benzene rings is 2. The number of carbonyl (C=O) groups excluding carboxylic acids is 3. The molecule has 3 heterocycles. The van der Waals surface area contributed by atoms with E-state index in [1.54, 1.807) is 52.4 Å². The first kappa shape index (κ1) is 23.3. The van der Waals surface area contributed by atoms with Crippen LogP contribution in [-0.2, 0) is 11.3 Å². The molecule has 2 aliphatic heterocycles. The Hall–Kier alpha value is -4.40. The third-order valence-corrected chi connectivity index (χ3v) is 6.48. The molecule has 3 aromatic rings. The van der Waals surface area contributed by atoms with Gasteiger partial charge in [-0.05, 0) is 36.8 Å². The van der Waals surface area contributed by atoms with Crippen LogP contribution in [0.25, 0.3) is 0 Å². The Morgan fingerprint density at radius 3 is 2.56 bits per heavy atom. The van der Waals surface area contributed by atoms with E-state index in [1.165, 1.54) is 14.2 Å². The SMILES string of the molecule is COc1ccc2c(c1OC)C(=O)N1c3ccccc3C(=O)N(CCCC(=O)NCc3ccccn3)C21. The lowest BCUT2D eigenvalue weighted by Crippen LogP contribution is -2.48. The average Bonchev–Trinajstić information content (AvgIpc) is 3.21. The zero-order chi connectivity index (χ0) is 25.2. The van der Waals surface area contributed by atoms with Gasteiger partial charge in [-0.15, -0.1) is 0 Å². The average molecular weight is 487 g/mol. The summed E-state index contributed by atoms with van der Waals surface area (Å²) in [5, 5.41) is 2.86. The van der Waals surface area contributed by atoms with Gasteiger partial charge in [0.2, 0.25) is 5.91 Å². The van der Waals surface area contributed by atoms with Crippen molar-refractivity contribution in [2.45, 2.75) is 25.6 Å². The minimum atomic E-state index is -0.633. The second kappa shape index (κ2) is 9.69. The molecular weight excluding hydrogens is 460 g/mol. The molecule has 1 aromatic heterocycles. The summed E-state index contributed by atoms with van der Waals surface area (Å²) in [5.74, 6) is 0.213. The van der Waals surface area contributed by atoms with Gasteiger partial charge in [-0.2, -0.15) is 0 Å². The van der Waals surface area contributed by atoms with Gasteiger partial charge < -0.3 is 19.7 Å². The van der Waals surface area contributed by atoms with E-state index in [-0.39, 0.29) is 24.1 Å². The number of aromatic nitrogens is 1. The summed E-state index contributed by atoms with van der Waals surface area (Å²) in [6.07, 6.45) is 1.71. The van der Waals surface area contributed by atoms with E-state index >= 15 is 0 Å². The predicted molar refractivity (Wildman–Crippen MR) is 132 cm³/mol. The number of nitrogens with zero attached hydrogens (tertiary/aromatic N) is 3. The van der Waals surface area contributed by atoms with Gasteiger partial charge in [0.05, 0.1) is 43.3 Å². The van der Waals surface area contributed by atoms with Crippen molar-refractivity contribution in [2.24, 2.45) is 0 Å². The molecule has 0 saturated carbocycles. The number of nitrogens with one attached hydrogen (secondary N) is 1. The summed E-state index contributed by atoms with van der Waals surface area (Å²) in [6, 6.07) is 16.1. The zero-order valence-electron chi connectivity index (χ0n) is 20.1. The summed E-state index contributed by atoms with van der Waals surface area (Å²) in [4.78, 5) is 47.2. The van der Waals surface area contributed by atoms with E-state index in [2.05, 4.69) is 10.3 Å². The standard InChI is InChI=1S/C27H26N4O5/c1-35-21-13-12-19-23(24(21)36-2)27(34)31-20-10-4-3-9-18(20)26(33)30(25(19)31)15-7-11-22(32)29-16-17-8-5-6-14-28-17/h3-6,8-10,12-14,25H,7,11,15-16H2,1-2H3,(H,29,32). The van der Waals surface area contributed by atoms with Gasteiger partial charge in [0.25, 0.3) is 11.8 Å². The maximum Gasteiger partial charge on any atom is 0.264 e. The van der Waals surface area contributed by atoms with Gasteiger partial charge in [0.15, 0.2) is 11.5 Å². The number of ether oxygens (including phenoxy) is 2. The fraction of sp³-hybridized carbons (Fsp3) is 0.259. The number of anilines is 1. The maximum atomic E-state index is 13.7. The topological polar surface area (TPSA) is 101 Å². The first-order valence-corrected chi connectivity index (χ1v) is 11.7.